The van der Waals surface area contributed by atoms with E-state index in [1.165, 1.54) is 0 Å². The van der Waals surface area contributed by atoms with E-state index in [9.17, 15) is 4.79 Å². The van der Waals surface area contributed by atoms with Gasteiger partial charge in [0, 0.05) is 40.6 Å². The van der Waals surface area contributed by atoms with Crippen LogP contribution in [0.15, 0.2) is 70.2 Å². The summed E-state index contributed by atoms with van der Waals surface area (Å²) >= 11 is 3.54. The molecule has 110 valence electrons. The van der Waals surface area contributed by atoms with Crippen LogP contribution in [0.1, 0.15) is 5.56 Å². The summed E-state index contributed by atoms with van der Waals surface area (Å²) in [4.78, 5) is 13.0. The molecule has 0 fully saturated rings. The predicted octanol–water partition coefficient (Wildman–Crippen LogP) is 4.79. The topological polar surface area (TPSA) is 22.0 Å². The zero-order chi connectivity index (χ0) is 15.7. The molecule has 0 amide bonds. The summed E-state index contributed by atoms with van der Waals surface area (Å²) in [6.45, 7) is 2.03. The number of nitrogens with zero attached hydrogens (tertiary/aromatic N) is 1. The van der Waals surface area contributed by atoms with Crippen molar-refractivity contribution in [3.8, 4) is 22.3 Å². The molecule has 0 aliphatic heterocycles. The van der Waals surface area contributed by atoms with Gasteiger partial charge in [0.05, 0.1) is 0 Å². The Bertz CT molecular complexity index is 826. The van der Waals surface area contributed by atoms with Gasteiger partial charge in [0.2, 0.25) is 0 Å². The number of benzene rings is 2. The summed E-state index contributed by atoms with van der Waals surface area (Å²) in [5.41, 5.74) is 4.49. The number of pyridine rings is 1. The summed E-state index contributed by atoms with van der Waals surface area (Å²) in [5.74, 6) is 0. The Kier molecular flexibility index (Phi) is 3.99. The molecule has 0 atom stereocenters. The first-order valence-electron chi connectivity index (χ1n) is 7.09. The highest BCUT2D eigenvalue weighted by Gasteiger charge is 2.13. The second-order valence-electron chi connectivity index (χ2n) is 5.37. The fraction of sp³-hybridized carbons (Fsp3) is 0.105. The lowest BCUT2D eigenvalue weighted by atomic mass is 9.98. The van der Waals surface area contributed by atoms with Crippen molar-refractivity contribution in [1.29, 1.82) is 0 Å². The maximum Gasteiger partial charge on any atom is 0.197 e. The van der Waals surface area contributed by atoms with Crippen molar-refractivity contribution in [1.82, 2.24) is 4.57 Å². The number of rotatable bonds is 2. The van der Waals surface area contributed by atoms with Gasteiger partial charge in [-0.3, -0.25) is 4.79 Å². The molecule has 2 aromatic carbocycles. The van der Waals surface area contributed by atoms with Gasteiger partial charge < -0.3 is 4.57 Å². The lowest BCUT2D eigenvalue weighted by Crippen LogP contribution is -2.12. The monoisotopic (exact) mass is 353 g/mol. The molecule has 3 aromatic rings. The summed E-state index contributed by atoms with van der Waals surface area (Å²) < 4.78 is 2.87. The van der Waals surface area contributed by atoms with Crippen LogP contribution in [0.2, 0.25) is 0 Å². The third-order valence-corrected chi connectivity index (χ3v) is 4.45. The van der Waals surface area contributed by atoms with E-state index in [0.29, 0.717) is 5.56 Å². The fourth-order valence-electron chi connectivity index (χ4n) is 2.65. The van der Waals surface area contributed by atoms with Gasteiger partial charge in [-0.15, -0.1) is 0 Å². The SMILES string of the molecule is Cc1ccccc1-c1cn(C)cc(-c2ccccc2Br)c1=O. The molecule has 3 heteroatoms. The minimum atomic E-state index is 0.0549. The first-order chi connectivity index (χ1) is 10.6. The Morgan fingerprint density at radius 2 is 1.36 bits per heavy atom. The summed E-state index contributed by atoms with van der Waals surface area (Å²) in [5, 5.41) is 0. The van der Waals surface area contributed by atoms with Crippen LogP contribution in [0.25, 0.3) is 22.3 Å². The van der Waals surface area contributed by atoms with E-state index in [1.807, 2.05) is 79.5 Å². The van der Waals surface area contributed by atoms with Gasteiger partial charge in [0.15, 0.2) is 5.43 Å². The predicted molar refractivity (Wildman–Crippen MR) is 95.0 cm³/mol. The molecule has 0 bridgehead atoms. The first kappa shape index (κ1) is 14.8. The van der Waals surface area contributed by atoms with Crippen molar-refractivity contribution in [3.63, 3.8) is 0 Å². The highest BCUT2D eigenvalue weighted by Crippen LogP contribution is 2.28. The second kappa shape index (κ2) is 5.93. The van der Waals surface area contributed by atoms with Gasteiger partial charge in [0.25, 0.3) is 0 Å². The lowest BCUT2D eigenvalue weighted by Gasteiger charge is -2.11. The maximum atomic E-state index is 13.0. The highest BCUT2D eigenvalue weighted by molar-refractivity contribution is 9.10. The smallest absolute Gasteiger partial charge is 0.197 e. The number of hydrogen-bond donors (Lipinski definition) is 0. The average Bonchev–Trinajstić information content (AvgIpc) is 2.51. The summed E-state index contributed by atoms with van der Waals surface area (Å²) in [7, 11) is 1.95. The Balaban J connectivity index is 2.30. The van der Waals surface area contributed by atoms with E-state index in [-0.39, 0.29) is 5.43 Å². The molecule has 0 aliphatic carbocycles. The number of halogens is 1. The lowest BCUT2D eigenvalue weighted by molar-refractivity contribution is 0.904. The molecule has 1 aromatic heterocycles. The third-order valence-electron chi connectivity index (χ3n) is 3.75. The molecule has 22 heavy (non-hydrogen) atoms. The van der Waals surface area contributed by atoms with Crippen molar-refractivity contribution in [3.05, 3.63) is 81.2 Å². The quantitative estimate of drug-likeness (QED) is 0.649. The van der Waals surface area contributed by atoms with E-state index in [1.54, 1.807) is 0 Å². The van der Waals surface area contributed by atoms with Crippen LogP contribution in [0.3, 0.4) is 0 Å². The van der Waals surface area contributed by atoms with E-state index < -0.39 is 0 Å². The van der Waals surface area contributed by atoms with E-state index >= 15 is 0 Å². The standard InChI is InChI=1S/C19H16BrNO/c1-13-7-3-4-8-14(13)16-11-21(2)12-17(19(16)22)15-9-5-6-10-18(15)20/h3-12H,1-2H3. The molecular formula is C19H16BrNO. The first-order valence-corrected chi connectivity index (χ1v) is 7.88. The highest BCUT2D eigenvalue weighted by atomic mass is 79.9. The molecule has 0 saturated carbocycles. The molecule has 2 nitrogen and oxygen atoms in total. The van der Waals surface area contributed by atoms with Crippen molar-refractivity contribution < 1.29 is 0 Å². The zero-order valence-electron chi connectivity index (χ0n) is 12.5. The molecule has 0 unspecified atom stereocenters. The van der Waals surface area contributed by atoms with Crippen molar-refractivity contribution in [2.24, 2.45) is 7.05 Å². The van der Waals surface area contributed by atoms with Crippen LogP contribution < -0.4 is 5.43 Å². The van der Waals surface area contributed by atoms with Gasteiger partial charge in [-0.25, -0.2) is 0 Å². The van der Waals surface area contributed by atoms with Crippen molar-refractivity contribution in [2.45, 2.75) is 6.92 Å². The Morgan fingerprint density at radius 3 is 2.00 bits per heavy atom. The number of aryl methyl sites for hydroxylation is 2. The molecular weight excluding hydrogens is 338 g/mol. The van der Waals surface area contributed by atoms with Crippen LogP contribution >= 0.6 is 15.9 Å². The number of aromatic nitrogens is 1. The summed E-state index contributed by atoms with van der Waals surface area (Å²) in [6.07, 6.45) is 3.77. The molecule has 0 spiro atoms. The van der Waals surface area contributed by atoms with Gasteiger partial charge in [-0.1, -0.05) is 58.4 Å². The number of hydrogen-bond acceptors (Lipinski definition) is 1. The molecule has 0 saturated heterocycles. The normalized spacial score (nSPS) is 10.7. The summed E-state index contributed by atoms with van der Waals surface area (Å²) in [6, 6.07) is 15.8. The van der Waals surface area contributed by atoms with Crippen LogP contribution in [0.5, 0.6) is 0 Å². The van der Waals surface area contributed by atoms with Crippen molar-refractivity contribution >= 4 is 15.9 Å². The Labute approximate surface area is 138 Å². The molecule has 3 rings (SSSR count). The van der Waals surface area contributed by atoms with Crippen LogP contribution in [-0.2, 0) is 7.05 Å². The molecule has 1 heterocycles. The minimum absolute atomic E-state index is 0.0549. The van der Waals surface area contributed by atoms with Crippen molar-refractivity contribution in [2.75, 3.05) is 0 Å². The van der Waals surface area contributed by atoms with Gasteiger partial charge in [-0.2, -0.15) is 0 Å². The molecule has 0 radical (unpaired) electrons. The average molecular weight is 354 g/mol. The second-order valence-corrected chi connectivity index (χ2v) is 6.23. The zero-order valence-corrected chi connectivity index (χ0v) is 14.1. The molecule has 0 aliphatic rings. The fourth-order valence-corrected chi connectivity index (χ4v) is 3.14. The van der Waals surface area contributed by atoms with E-state index in [4.69, 9.17) is 0 Å². The molecule has 0 N–H and O–H groups in total. The van der Waals surface area contributed by atoms with Gasteiger partial charge in [-0.05, 0) is 24.1 Å². The maximum absolute atomic E-state index is 13.0. The Hall–Kier alpha value is -2.13. The largest absolute Gasteiger partial charge is 0.356 e. The van der Waals surface area contributed by atoms with E-state index in [2.05, 4.69) is 15.9 Å². The Morgan fingerprint density at radius 1 is 0.818 bits per heavy atom. The van der Waals surface area contributed by atoms with Crippen LogP contribution in [-0.4, -0.2) is 4.57 Å². The van der Waals surface area contributed by atoms with Crippen LogP contribution in [0, 0.1) is 6.92 Å². The van der Waals surface area contributed by atoms with Gasteiger partial charge >= 0.3 is 0 Å². The van der Waals surface area contributed by atoms with Crippen LogP contribution in [0.4, 0.5) is 0 Å². The third kappa shape index (κ3) is 2.64. The van der Waals surface area contributed by atoms with E-state index in [0.717, 1.165) is 26.7 Å². The minimum Gasteiger partial charge on any atom is -0.356 e. The van der Waals surface area contributed by atoms with Gasteiger partial charge in [0.1, 0.15) is 0 Å².